The van der Waals surface area contributed by atoms with Crippen LogP contribution in [0, 0.1) is 0 Å². The van der Waals surface area contributed by atoms with E-state index in [1.165, 1.54) is 5.56 Å². The molecule has 1 aromatic carbocycles. The van der Waals surface area contributed by atoms with E-state index in [1.807, 2.05) is 25.1 Å². The van der Waals surface area contributed by atoms with Crippen LogP contribution >= 0.6 is 0 Å². The first-order chi connectivity index (χ1) is 10.2. The van der Waals surface area contributed by atoms with Gasteiger partial charge in [0, 0.05) is 6.42 Å². The number of benzene rings is 1. The molecule has 21 heavy (non-hydrogen) atoms. The second-order valence-electron chi connectivity index (χ2n) is 4.60. The molecule has 0 aliphatic carbocycles. The lowest BCUT2D eigenvalue weighted by atomic mass is 10.1. The van der Waals surface area contributed by atoms with Gasteiger partial charge < -0.3 is 19.5 Å². The van der Waals surface area contributed by atoms with Crippen LogP contribution in [0.2, 0.25) is 0 Å². The van der Waals surface area contributed by atoms with E-state index in [0.29, 0.717) is 13.0 Å². The first-order valence-electron chi connectivity index (χ1n) is 7.28. The quantitative estimate of drug-likeness (QED) is 0.529. The number of rotatable bonds is 10. The van der Waals surface area contributed by atoms with Gasteiger partial charge in [-0.25, -0.2) is 0 Å². The molecule has 0 heterocycles. The monoisotopic (exact) mass is 295 g/mol. The van der Waals surface area contributed by atoms with Crippen molar-refractivity contribution in [3.8, 4) is 11.5 Å². The van der Waals surface area contributed by atoms with E-state index in [0.717, 1.165) is 37.4 Å². The number of ether oxygens (including phenoxy) is 3. The van der Waals surface area contributed by atoms with Gasteiger partial charge in [-0.3, -0.25) is 4.79 Å². The van der Waals surface area contributed by atoms with Gasteiger partial charge in [-0.15, -0.1) is 0 Å². The topological polar surface area (TPSA) is 56.8 Å². The summed E-state index contributed by atoms with van der Waals surface area (Å²) in [6.07, 6.45) is 2.17. The largest absolute Gasteiger partial charge is 0.493 e. The lowest BCUT2D eigenvalue weighted by molar-refractivity contribution is -0.143. The fourth-order valence-electron chi connectivity index (χ4n) is 1.98. The minimum Gasteiger partial charge on any atom is -0.493 e. The Bertz CT molecular complexity index is 434. The van der Waals surface area contributed by atoms with Gasteiger partial charge in [0.15, 0.2) is 11.5 Å². The first-order valence-corrected chi connectivity index (χ1v) is 7.28. The third kappa shape index (κ3) is 6.49. The summed E-state index contributed by atoms with van der Waals surface area (Å²) < 4.78 is 15.4. The molecule has 118 valence electrons. The van der Waals surface area contributed by atoms with E-state index >= 15 is 0 Å². The number of hydrogen-bond acceptors (Lipinski definition) is 5. The van der Waals surface area contributed by atoms with Crippen molar-refractivity contribution >= 4 is 5.97 Å². The molecule has 1 N–H and O–H groups in total. The van der Waals surface area contributed by atoms with Crippen LogP contribution in [0.3, 0.4) is 0 Å². The molecule has 0 bridgehead atoms. The van der Waals surface area contributed by atoms with Crippen LogP contribution in [-0.2, 0) is 16.0 Å². The zero-order valence-corrected chi connectivity index (χ0v) is 13.1. The molecule has 0 saturated heterocycles. The normalized spacial score (nSPS) is 10.2. The summed E-state index contributed by atoms with van der Waals surface area (Å²) in [6, 6.07) is 5.93. The summed E-state index contributed by atoms with van der Waals surface area (Å²) in [5, 5.41) is 3.32. The fourth-order valence-corrected chi connectivity index (χ4v) is 1.98. The molecular formula is C16H25NO4. The van der Waals surface area contributed by atoms with E-state index in [-0.39, 0.29) is 5.97 Å². The van der Waals surface area contributed by atoms with Crippen molar-refractivity contribution in [3.63, 3.8) is 0 Å². The predicted octanol–water partition coefficient (Wildman–Crippen LogP) is 2.18. The number of carbonyl (C=O) groups is 1. The minimum absolute atomic E-state index is 0.126. The van der Waals surface area contributed by atoms with Crippen LogP contribution in [0.15, 0.2) is 18.2 Å². The molecule has 5 nitrogen and oxygen atoms in total. The number of carbonyl (C=O) groups excluding carboxylic acids is 1. The molecule has 0 aliphatic heterocycles. The molecule has 0 fully saturated rings. The second kappa shape index (κ2) is 10.0. The summed E-state index contributed by atoms with van der Waals surface area (Å²) in [5.41, 5.74) is 1.19. The maximum Gasteiger partial charge on any atom is 0.305 e. The molecule has 0 aromatic heterocycles. The number of nitrogens with one attached hydrogen (secondary N) is 1. The Kier molecular flexibility index (Phi) is 8.28. The lowest BCUT2D eigenvalue weighted by Gasteiger charge is -2.10. The van der Waals surface area contributed by atoms with E-state index in [4.69, 9.17) is 14.2 Å². The Labute approximate surface area is 126 Å². The van der Waals surface area contributed by atoms with Crippen molar-refractivity contribution < 1.29 is 19.0 Å². The smallest absolute Gasteiger partial charge is 0.305 e. The molecule has 0 radical (unpaired) electrons. The molecule has 0 spiro atoms. The average Bonchev–Trinajstić information content (AvgIpc) is 2.50. The first kappa shape index (κ1) is 17.3. The van der Waals surface area contributed by atoms with Gasteiger partial charge in [-0.1, -0.05) is 6.07 Å². The zero-order chi connectivity index (χ0) is 15.5. The van der Waals surface area contributed by atoms with Crippen LogP contribution < -0.4 is 14.8 Å². The van der Waals surface area contributed by atoms with Crippen molar-refractivity contribution in [1.82, 2.24) is 5.32 Å². The Balaban J connectivity index is 2.22. The highest BCUT2D eigenvalue weighted by molar-refractivity contribution is 5.69. The molecule has 0 saturated carbocycles. The van der Waals surface area contributed by atoms with Gasteiger partial charge in [0.2, 0.25) is 0 Å². The van der Waals surface area contributed by atoms with Gasteiger partial charge in [-0.05, 0) is 50.6 Å². The van der Waals surface area contributed by atoms with E-state index in [2.05, 4.69) is 5.32 Å². The summed E-state index contributed by atoms with van der Waals surface area (Å²) >= 11 is 0. The summed E-state index contributed by atoms with van der Waals surface area (Å²) in [4.78, 5) is 11.2. The van der Waals surface area contributed by atoms with Gasteiger partial charge in [-0.2, -0.15) is 0 Å². The van der Waals surface area contributed by atoms with Gasteiger partial charge >= 0.3 is 5.97 Å². The lowest BCUT2D eigenvalue weighted by Crippen LogP contribution is -2.19. The standard InChI is InChI=1S/C16H25NO4/c1-4-21-16(18)6-5-10-17-11-9-13-7-8-14(19-2)15(12-13)20-3/h7-8,12,17H,4-6,9-11H2,1-3H3. The van der Waals surface area contributed by atoms with Gasteiger partial charge in [0.1, 0.15) is 0 Å². The summed E-state index contributed by atoms with van der Waals surface area (Å²) in [6.45, 7) is 3.94. The Morgan fingerprint density at radius 3 is 2.57 bits per heavy atom. The van der Waals surface area contributed by atoms with E-state index < -0.39 is 0 Å². The van der Waals surface area contributed by atoms with Crippen LogP contribution in [0.25, 0.3) is 0 Å². The highest BCUT2D eigenvalue weighted by Crippen LogP contribution is 2.27. The number of esters is 1. The van der Waals surface area contributed by atoms with Crippen molar-refractivity contribution in [1.29, 1.82) is 0 Å². The Hall–Kier alpha value is -1.75. The highest BCUT2D eigenvalue weighted by Gasteiger charge is 2.04. The highest BCUT2D eigenvalue weighted by atomic mass is 16.5. The Morgan fingerprint density at radius 1 is 1.14 bits per heavy atom. The van der Waals surface area contributed by atoms with Crippen molar-refractivity contribution in [2.75, 3.05) is 33.9 Å². The number of methoxy groups -OCH3 is 2. The van der Waals surface area contributed by atoms with Crippen LogP contribution in [0.5, 0.6) is 11.5 Å². The van der Waals surface area contributed by atoms with Crippen molar-refractivity contribution in [2.24, 2.45) is 0 Å². The maximum atomic E-state index is 11.2. The molecule has 5 heteroatoms. The molecule has 0 aliphatic rings. The summed E-state index contributed by atoms with van der Waals surface area (Å²) in [5.74, 6) is 1.36. The Morgan fingerprint density at radius 2 is 1.90 bits per heavy atom. The van der Waals surface area contributed by atoms with Gasteiger partial charge in [0.05, 0.1) is 20.8 Å². The zero-order valence-electron chi connectivity index (χ0n) is 13.1. The SMILES string of the molecule is CCOC(=O)CCCNCCc1ccc(OC)c(OC)c1. The third-order valence-corrected chi connectivity index (χ3v) is 3.08. The van der Waals surface area contributed by atoms with Crippen LogP contribution in [-0.4, -0.2) is 39.9 Å². The van der Waals surface area contributed by atoms with E-state index in [1.54, 1.807) is 14.2 Å². The predicted molar refractivity (Wildman–Crippen MR) is 82.0 cm³/mol. The molecular weight excluding hydrogens is 270 g/mol. The van der Waals surface area contributed by atoms with Gasteiger partial charge in [0.25, 0.3) is 0 Å². The molecule has 0 amide bonds. The minimum atomic E-state index is -0.126. The van der Waals surface area contributed by atoms with E-state index in [9.17, 15) is 4.79 Å². The second-order valence-corrected chi connectivity index (χ2v) is 4.60. The average molecular weight is 295 g/mol. The molecule has 1 aromatic rings. The molecule has 0 atom stereocenters. The van der Waals surface area contributed by atoms with Crippen LogP contribution in [0.4, 0.5) is 0 Å². The maximum absolute atomic E-state index is 11.2. The molecule has 0 unspecified atom stereocenters. The van der Waals surface area contributed by atoms with Crippen molar-refractivity contribution in [3.05, 3.63) is 23.8 Å². The number of hydrogen-bond donors (Lipinski definition) is 1. The fraction of sp³-hybridized carbons (Fsp3) is 0.562. The van der Waals surface area contributed by atoms with Crippen molar-refractivity contribution in [2.45, 2.75) is 26.2 Å². The third-order valence-electron chi connectivity index (χ3n) is 3.08. The molecule has 1 rings (SSSR count). The van der Waals surface area contributed by atoms with Crippen LogP contribution in [0.1, 0.15) is 25.3 Å². The summed E-state index contributed by atoms with van der Waals surface area (Å²) in [7, 11) is 3.26.